The molecule has 0 saturated heterocycles. The van der Waals surface area contributed by atoms with Gasteiger partial charge in [-0.2, -0.15) is 0 Å². The summed E-state index contributed by atoms with van der Waals surface area (Å²) in [5, 5.41) is 7.57. The van der Waals surface area contributed by atoms with Gasteiger partial charge in [-0.3, -0.25) is 4.79 Å². The maximum absolute atomic E-state index is 12.0. The third-order valence-corrected chi connectivity index (χ3v) is 3.85. The molecular weight excluding hydrogens is 351 g/mol. The predicted molar refractivity (Wildman–Crippen MR) is 94.6 cm³/mol. The van der Waals surface area contributed by atoms with Crippen LogP contribution in [-0.2, 0) is 9.63 Å². The number of rotatable bonds is 6. The second-order valence-corrected chi connectivity index (χ2v) is 5.73. The molecule has 0 aliphatic heterocycles. The van der Waals surface area contributed by atoms with Crippen molar-refractivity contribution in [3.05, 3.63) is 52.0 Å². The van der Waals surface area contributed by atoms with Gasteiger partial charge in [-0.25, -0.2) is 9.97 Å². The highest BCUT2D eigenvalue weighted by Gasteiger charge is 2.11. The first-order valence-corrected chi connectivity index (χ1v) is 7.89. The molecule has 0 atom stereocenters. The van der Waals surface area contributed by atoms with Crippen LogP contribution in [0.15, 0.2) is 35.7 Å². The number of carbonyl (C=O) groups excluding carboxylic acids is 1. The van der Waals surface area contributed by atoms with Crippen LogP contribution in [0.2, 0.25) is 10.0 Å². The van der Waals surface area contributed by atoms with Crippen molar-refractivity contribution in [2.75, 3.05) is 12.4 Å². The molecule has 0 unspecified atom stereocenters. The van der Waals surface area contributed by atoms with Crippen LogP contribution in [-0.4, -0.2) is 28.7 Å². The molecule has 1 amide bonds. The molecule has 1 N–H and O–H groups in total. The molecule has 0 aliphatic carbocycles. The molecule has 0 aliphatic rings. The maximum Gasteiger partial charge on any atom is 0.224 e. The maximum atomic E-state index is 12.0. The number of carbonyl (C=O) groups is 1. The van der Waals surface area contributed by atoms with E-state index in [0.29, 0.717) is 33.7 Å². The third kappa shape index (κ3) is 5.18. The number of benzene rings is 1. The van der Waals surface area contributed by atoms with Crippen LogP contribution in [0.4, 0.5) is 5.69 Å². The molecule has 1 heterocycles. The van der Waals surface area contributed by atoms with E-state index >= 15 is 0 Å². The van der Waals surface area contributed by atoms with Gasteiger partial charge in [0.25, 0.3) is 0 Å². The third-order valence-electron chi connectivity index (χ3n) is 3.11. The summed E-state index contributed by atoms with van der Waals surface area (Å²) >= 11 is 11.9. The summed E-state index contributed by atoms with van der Waals surface area (Å²) in [5.74, 6) is 0.466. The molecule has 1 aromatic heterocycles. The number of nitrogens with one attached hydrogen (secondary N) is 1. The molecule has 1 aromatic carbocycles. The molecule has 0 bridgehead atoms. The van der Waals surface area contributed by atoms with Gasteiger partial charge in [0.05, 0.1) is 33.8 Å². The van der Waals surface area contributed by atoms with Gasteiger partial charge in [-0.05, 0) is 19.1 Å². The van der Waals surface area contributed by atoms with Crippen LogP contribution < -0.4 is 5.32 Å². The Balaban J connectivity index is 2.00. The first kappa shape index (κ1) is 18.2. The van der Waals surface area contributed by atoms with Crippen LogP contribution in [0.1, 0.15) is 24.2 Å². The van der Waals surface area contributed by atoms with Crippen LogP contribution >= 0.6 is 23.2 Å². The number of aryl methyl sites for hydroxylation is 1. The molecular formula is C16H16Cl2N4O2. The molecule has 0 spiro atoms. The van der Waals surface area contributed by atoms with E-state index in [1.165, 1.54) is 7.11 Å². The van der Waals surface area contributed by atoms with Crippen molar-refractivity contribution in [2.45, 2.75) is 19.8 Å². The van der Waals surface area contributed by atoms with E-state index in [4.69, 9.17) is 28.0 Å². The summed E-state index contributed by atoms with van der Waals surface area (Å²) in [7, 11) is 1.45. The Hall–Kier alpha value is -2.18. The summed E-state index contributed by atoms with van der Waals surface area (Å²) < 4.78 is 0. The molecule has 24 heavy (non-hydrogen) atoms. The molecule has 126 valence electrons. The van der Waals surface area contributed by atoms with Gasteiger partial charge in [-0.1, -0.05) is 34.4 Å². The average molecular weight is 367 g/mol. The standard InChI is InChI=1S/C16H16Cl2N4O2/c1-10-19-8-12(9-20-10)21-16(23)6-5-15(22-24-2)11-3-4-13(17)14(18)7-11/h3-4,7-9H,5-6H2,1-2H3,(H,21,23)/b22-15-. The summed E-state index contributed by atoms with van der Waals surface area (Å²) in [6, 6.07) is 5.14. The molecule has 6 nitrogen and oxygen atoms in total. The fourth-order valence-electron chi connectivity index (χ4n) is 1.94. The van der Waals surface area contributed by atoms with E-state index in [2.05, 4.69) is 20.4 Å². The van der Waals surface area contributed by atoms with Gasteiger partial charge in [0.2, 0.25) is 5.91 Å². The SMILES string of the molecule is CO/N=C(/CCC(=O)Nc1cnc(C)nc1)c1ccc(Cl)c(Cl)c1. The van der Waals surface area contributed by atoms with E-state index in [1.54, 1.807) is 37.5 Å². The lowest BCUT2D eigenvalue weighted by Crippen LogP contribution is -2.14. The average Bonchev–Trinajstić information content (AvgIpc) is 2.56. The minimum atomic E-state index is -0.175. The highest BCUT2D eigenvalue weighted by atomic mass is 35.5. The lowest BCUT2D eigenvalue weighted by Gasteiger charge is -2.08. The second kappa shape index (κ2) is 8.61. The summed E-state index contributed by atoms with van der Waals surface area (Å²) in [6.07, 6.45) is 3.72. The first-order valence-electron chi connectivity index (χ1n) is 7.13. The zero-order valence-corrected chi connectivity index (χ0v) is 14.7. The van der Waals surface area contributed by atoms with Crippen LogP contribution in [0, 0.1) is 6.92 Å². The lowest BCUT2D eigenvalue weighted by molar-refractivity contribution is -0.116. The number of hydrogen-bond donors (Lipinski definition) is 1. The largest absolute Gasteiger partial charge is 0.399 e. The zero-order valence-electron chi connectivity index (χ0n) is 13.2. The normalized spacial score (nSPS) is 11.2. The Morgan fingerprint density at radius 3 is 2.54 bits per heavy atom. The van der Waals surface area contributed by atoms with Gasteiger partial charge in [0.1, 0.15) is 12.9 Å². The van der Waals surface area contributed by atoms with Crippen molar-refractivity contribution in [3.8, 4) is 0 Å². The van der Waals surface area contributed by atoms with E-state index in [-0.39, 0.29) is 12.3 Å². The quantitative estimate of drug-likeness (QED) is 0.621. The number of aromatic nitrogens is 2. The second-order valence-electron chi connectivity index (χ2n) is 4.92. The van der Waals surface area contributed by atoms with Crippen LogP contribution in [0.3, 0.4) is 0 Å². The lowest BCUT2D eigenvalue weighted by atomic mass is 10.1. The van der Waals surface area contributed by atoms with E-state index < -0.39 is 0 Å². The number of nitrogens with zero attached hydrogens (tertiary/aromatic N) is 3. The van der Waals surface area contributed by atoms with Crippen molar-refractivity contribution in [2.24, 2.45) is 5.16 Å². The smallest absolute Gasteiger partial charge is 0.224 e. The monoisotopic (exact) mass is 366 g/mol. The van der Waals surface area contributed by atoms with Crippen molar-refractivity contribution in [1.29, 1.82) is 0 Å². The zero-order chi connectivity index (χ0) is 17.5. The Morgan fingerprint density at radius 1 is 1.21 bits per heavy atom. The van der Waals surface area contributed by atoms with Crippen molar-refractivity contribution >= 4 is 40.5 Å². The molecule has 8 heteroatoms. The number of halogens is 2. The number of anilines is 1. The fraction of sp³-hybridized carbons (Fsp3) is 0.250. The number of hydrogen-bond acceptors (Lipinski definition) is 5. The highest BCUT2D eigenvalue weighted by Crippen LogP contribution is 2.23. The summed E-state index contributed by atoms with van der Waals surface area (Å²) in [4.78, 5) is 25.0. The van der Waals surface area contributed by atoms with Crippen molar-refractivity contribution in [1.82, 2.24) is 9.97 Å². The Bertz CT molecular complexity index is 748. The predicted octanol–water partition coefficient (Wildman–Crippen LogP) is 3.86. The Morgan fingerprint density at radius 2 is 1.92 bits per heavy atom. The van der Waals surface area contributed by atoms with Crippen LogP contribution in [0.25, 0.3) is 0 Å². The Kier molecular flexibility index (Phi) is 6.52. The first-order chi connectivity index (χ1) is 11.5. The summed E-state index contributed by atoms with van der Waals surface area (Å²) in [6.45, 7) is 1.77. The fourth-order valence-corrected chi connectivity index (χ4v) is 2.24. The molecule has 0 fully saturated rings. The van der Waals surface area contributed by atoms with E-state index in [0.717, 1.165) is 5.56 Å². The van der Waals surface area contributed by atoms with Gasteiger partial charge >= 0.3 is 0 Å². The van der Waals surface area contributed by atoms with Gasteiger partial charge in [0, 0.05) is 18.4 Å². The minimum Gasteiger partial charge on any atom is -0.399 e. The van der Waals surface area contributed by atoms with Gasteiger partial charge < -0.3 is 10.2 Å². The van der Waals surface area contributed by atoms with E-state index in [9.17, 15) is 4.79 Å². The molecule has 2 aromatic rings. The highest BCUT2D eigenvalue weighted by molar-refractivity contribution is 6.42. The number of amides is 1. The van der Waals surface area contributed by atoms with Gasteiger partial charge in [-0.15, -0.1) is 0 Å². The molecule has 2 rings (SSSR count). The van der Waals surface area contributed by atoms with Crippen molar-refractivity contribution < 1.29 is 9.63 Å². The minimum absolute atomic E-state index is 0.175. The summed E-state index contributed by atoms with van der Waals surface area (Å²) in [5.41, 5.74) is 1.90. The molecule has 0 saturated carbocycles. The molecule has 0 radical (unpaired) electrons. The number of oxime groups is 1. The van der Waals surface area contributed by atoms with Gasteiger partial charge in [0.15, 0.2) is 0 Å². The van der Waals surface area contributed by atoms with Crippen molar-refractivity contribution in [3.63, 3.8) is 0 Å². The van der Waals surface area contributed by atoms with Crippen LogP contribution in [0.5, 0.6) is 0 Å². The Labute approximate surface area is 149 Å². The van der Waals surface area contributed by atoms with E-state index in [1.807, 2.05) is 0 Å². The topological polar surface area (TPSA) is 76.5 Å².